The molecule has 4 rings (SSSR count). The first-order chi connectivity index (χ1) is 15.1. The van der Waals surface area contributed by atoms with Gasteiger partial charge in [0.05, 0.1) is 25.8 Å². The molecular weight excluding hydrogens is 390 g/mol. The van der Waals surface area contributed by atoms with E-state index in [1.807, 2.05) is 12.1 Å². The second kappa shape index (κ2) is 9.49. The summed E-state index contributed by atoms with van der Waals surface area (Å²) in [4.78, 5) is 16.4. The Bertz CT molecular complexity index is 1010. The predicted octanol–water partition coefficient (Wildman–Crippen LogP) is 3.07. The number of anilines is 1. The van der Waals surface area contributed by atoms with Gasteiger partial charge in [-0.15, -0.1) is 0 Å². The molecule has 0 N–H and O–H groups in total. The van der Waals surface area contributed by atoms with Gasteiger partial charge in [0.15, 0.2) is 11.5 Å². The van der Waals surface area contributed by atoms with E-state index < -0.39 is 0 Å². The maximum absolute atomic E-state index is 5.54. The Balaban J connectivity index is 1.68. The molecule has 0 saturated carbocycles. The maximum Gasteiger partial charge on any atom is 0.162 e. The summed E-state index contributed by atoms with van der Waals surface area (Å²) >= 11 is 0. The largest absolute Gasteiger partial charge is 0.493 e. The fourth-order valence-electron chi connectivity index (χ4n) is 4.22. The molecule has 0 spiro atoms. The zero-order valence-electron chi connectivity index (χ0n) is 18.8. The fraction of sp³-hybridized carbons (Fsp3) is 0.417. The summed E-state index contributed by atoms with van der Waals surface area (Å²) in [6, 6.07) is 15.0. The normalized spacial score (nSPS) is 17.3. The average Bonchev–Trinajstić information content (AvgIpc) is 2.81. The first kappa shape index (κ1) is 21.3. The monoisotopic (exact) mass is 421 g/mol. The molecular formula is C24H31N5O2. The van der Waals surface area contributed by atoms with Crippen LogP contribution < -0.4 is 14.4 Å². The molecule has 1 fully saturated rings. The molecule has 7 nitrogen and oxygen atoms in total. The fourth-order valence-corrected chi connectivity index (χ4v) is 4.22. The SMILES string of the molecule is COc1cc2ncnc(N3CCN(CCN(C)C)C(c4ccccc4)C3)c2cc1OC. The molecule has 0 aliphatic carbocycles. The van der Waals surface area contributed by atoms with E-state index >= 15 is 0 Å². The van der Waals surface area contributed by atoms with Gasteiger partial charge in [-0.05, 0) is 25.7 Å². The molecule has 1 aliphatic rings. The van der Waals surface area contributed by atoms with Gasteiger partial charge < -0.3 is 19.3 Å². The minimum Gasteiger partial charge on any atom is -0.493 e. The number of hydrogen-bond donors (Lipinski definition) is 0. The summed E-state index contributed by atoms with van der Waals surface area (Å²) in [7, 11) is 7.55. The number of nitrogens with zero attached hydrogens (tertiary/aromatic N) is 5. The average molecular weight is 422 g/mol. The number of rotatable bonds is 7. The lowest BCUT2D eigenvalue weighted by Crippen LogP contribution is -2.50. The lowest BCUT2D eigenvalue weighted by Gasteiger charge is -2.42. The van der Waals surface area contributed by atoms with E-state index in [0.29, 0.717) is 17.5 Å². The third-order valence-electron chi connectivity index (χ3n) is 5.93. The molecule has 0 radical (unpaired) electrons. The second-order valence-corrected chi connectivity index (χ2v) is 8.13. The van der Waals surface area contributed by atoms with Crippen LogP contribution in [-0.4, -0.2) is 80.8 Å². The third-order valence-corrected chi connectivity index (χ3v) is 5.93. The third kappa shape index (κ3) is 4.57. The molecule has 1 aliphatic heterocycles. The summed E-state index contributed by atoms with van der Waals surface area (Å²) in [6.07, 6.45) is 1.64. The number of piperazine rings is 1. The highest BCUT2D eigenvalue weighted by molar-refractivity contribution is 5.92. The molecule has 1 atom stereocenters. The molecule has 0 amide bonds. The van der Waals surface area contributed by atoms with Crippen LogP contribution in [0.15, 0.2) is 48.8 Å². The van der Waals surface area contributed by atoms with Crippen LogP contribution in [0.3, 0.4) is 0 Å². The van der Waals surface area contributed by atoms with Crippen LogP contribution in [0.25, 0.3) is 10.9 Å². The molecule has 31 heavy (non-hydrogen) atoms. The summed E-state index contributed by atoms with van der Waals surface area (Å²) < 4.78 is 11.0. The van der Waals surface area contributed by atoms with Gasteiger partial charge in [0, 0.05) is 44.2 Å². The van der Waals surface area contributed by atoms with Crippen molar-refractivity contribution in [1.82, 2.24) is 19.8 Å². The Kier molecular flexibility index (Phi) is 6.53. The summed E-state index contributed by atoms with van der Waals surface area (Å²) in [5, 5.41) is 0.980. The zero-order valence-corrected chi connectivity index (χ0v) is 18.8. The first-order valence-corrected chi connectivity index (χ1v) is 10.7. The zero-order chi connectivity index (χ0) is 21.8. The van der Waals surface area contributed by atoms with Gasteiger partial charge in [-0.2, -0.15) is 0 Å². The van der Waals surface area contributed by atoms with Crippen molar-refractivity contribution >= 4 is 16.7 Å². The van der Waals surface area contributed by atoms with E-state index in [0.717, 1.165) is 49.4 Å². The van der Waals surface area contributed by atoms with Crippen LogP contribution in [0, 0.1) is 0 Å². The molecule has 2 heterocycles. The Morgan fingerprint density at radius 1 is 1.00 bits per heavy atom. The number of likely N-dealkylation sites (N-methyl/N-ethyl adjacent to an activating group) is 1. The van der Waals surface area contributed by atoms with Crippen LogP contribution in [0.2, 0.25) is 0 Å². The summed E-state index contributed by atoms with van der Waals surface area (Å²) in [6.45, 7) is 4.84. The highest BCUT2D eigenvalue weighted by Gasteiger charge is 2.29. The maximum atomic E-state index is 5.54. The lowest BCUT2D eigenvalue weighted by atomic mass is 10.0. The molecule has 2 aromatic carbocycles. The van der Waals surface area contributed by atoms with Crippen molar-refractivity contribution in [3.8, 4) is 11.5 Å². The van der Waals surface area contributed by atoms with E-state index in [2.05, 4.69) is 69.1 Å². The van der Waals surface area contributed by atoms with Gasteiger partial charge in [0.25, 0.3) is 0 Å². The molecule has 1 aromatic heterocycles. The molecule has 164 valence electrons. The Morgan fingerprint density at radius 2 is 1.74 bits per heavy atom. The quantitative estimate of drug-likeness (QED) is 0.581. The van der Waals surface area contributed by atoms with Crippen LogP contribution in [0.5, 0.6) is 11.5 Å². The number of hydrogen-bond acceptors (Lipinski definition) is 7. The van der Waals surface area contributed by atoms with Crippen LogP contribution in [0.1, 0.15) is 11.6 Å². The minimum atomic E-state index is 0.306. The standard InChI is InChI=1S/C24H31N5O2/c1-27(2)10-11-28-12-13-29(16-21(28)18-8-6-5-7-9-18)24-19-14-22(30-3)23(31-4)15-20(19)25-17-26-24/h5-9,14-15,17,21H,10-13,16H2,1-4H3. The van der Waals surface area contributed by atoms with E-state index in [-0.39, 0.29) is 0 Å². The van der Waals surface area contributed by atoms with Crippen molar-refractivity contribution in [3.05, 3.63) is 54.4 Å². The predicted molar refractivity (Wildman–Crippen MR) is 124 cm³/mol. The number of benzene rings is 2. The minimum absolute atomic E-state index is 0.306. The molecule has 0 bridgehead atoms. The van der Waals surface area contributed by atoms with Crippen LogP contribution >= 0.6 is 0 Å². The van der Waals surface area contributed by atoms with E-state index in [1.54, 1.807) is 20.5 Å². The topological polar surface area (TPSA) is 54.0 Å². The molecule has 3 aromatic rings. The first-order valence-electron chi connectivity index (χ1n) is 10.7. The van der Waals surface area contributed by atoms with Crippen molar-refractivity contribution in [2.24, 2.45) is 0 Å². The smallest absolute Gasteiger partial charge is 0.162 e. The van der Waals surface area contributed by atoms with Gasteiger partial charge in [-0.1, -0.05) is 30.3 Å². The Hall–Kier alpha value is -2.90. The van der Waals surface area contributed by atoms with Crippen molar-refractivity contribution in [3.63, 3.8) is 0 Å². The lowest BCUT2D eigenvalue weighted by molar-refractivity contribution is 0.162. The van der Waals surface area contributed by atoms with Gasteiger partial charge in [0.2, 0.25) is 0 Å². The number of ether oxygens (including phenoxy) is 2. The van der Waals surface area contributed by atoms with Crippen molar-refractivity contribution in [2.75, 3.05) is 65.9 Å². The van der Waals surface area contributed by atoms with Crippen LogP contribution in [0.4, 0.5) is 5.82 Å². The highest BCUT2D eigenvalue weighted by atomic mass is 16.5. The number of aromatic nitrogens is 2. The molecule has 1 unspecified atom stereocenters. The number of methoxy groups -OCH3 is 2. The van der Waals surface area contributed by atoms with Crippen molar-refractivity contribution in [1.29, 1.82) is 0 Å². The van der Waals surface area contributed by atoms with E-state index in [4.69, 9.17) is 9.47 Å². The van der Waals surface area contributed by atoms with E-state index in [1.165, 1.54) is 5.56 Å². The van der Waals surface area contributed by atoms with Gasteiger partial charge >= 0.3 is 0 Å². The Morgan fingerprint density at radius 3 is 2.45 bits per heavy atom. The van der Waals surface area contributed by atoms with E-state index in [9.17, 15) is 0 Å². The molecule has 1 saturated heterocycles. The second-order valence-electron chi connectivity index (χ2n) is 8.13. The Labute approximate surface area is 184 Å². The highest BCUT2D eigenvalue weighted by Crippen LogP contribution is 2.36. The van der Waals surface area contributed by atoms with Crippen molar-refractivity contribution < 1.29 is 9.47 Å². The van der Waals surface area contributed by atoms with Gasteiger partial charge in [-0.3, -0.25) is 4.90 Å². The summed E-state index contributed by atoms with van der Waals surface area (Å²) in [5.74, 6) is 2.31. The number of fused-ring (bicyclic) bond motifs is 1. The molecule has 7 heteroatoms. The van der Waals surface area contributed by atoms with Crippen LogP contribution in [-0.2, 0) is 0 Å². The van der Waals surface area contributed by atoms with Crippen molar-refractivity contribution in [2.45, 2.75) is 6.04 Å². The van der Waals surface area contributed by atoms with Gasteiger partial charge in [-0.25, -0.2) is 9.97 Å². The summed E-state index contributed by atoms with van der Waals surface area (Å²) in [5.41, 5.74) is 2.19. The van der Waals surface area contributed by atoms with Gasteiger partial charge in [0.1, 0.15) is 12.1 Å².